The summed E-state index contributed by atoms with van der Waals surface area (Å²) in [7, 11) is 3.47. The third kappa shape index (κ3) is 3.44. The summed E-state index contributed by atoms with van der Waals surface area (Å²) in [6.07, 6.45) is 2.95. The van der Waals surface area contributed by atoms with E-state index in [2.05, 4.69) is 4.98 Å². The van der Waals surface area contributed by atoms with Crippen LogP contribution in [0.25, 0.3) is 0 Å². The first-order valence-corrected chi connectivity index (χ1v) is 5.20. The fourth-order valence-corrected chi connectivity index (χ4v) is 1.59. The largest absolute Gasteiger partial charge is 0.389 e. The summed E-state index contributed by atoms with van der Waals surface area (Å²) in [5.74, 6) is 0. The molecule has 5 nitrogen and oxygen atoms in total. The number of pyridine rings is 1. The number of ether oxygens (including phenoxy) is 1. The fourth-order valence-electron chi connectivity index (χ4n) is 1.59. The summed E-state index contributed by atoms with van der Waals surface area (Å²) < 4.78 is 4.88. The second-order valence-electron chi connectivity index (χ2n) is 3.70. The highest BCUT2D eigenvalue weighted by atomic mass is 16.5. The molecule has 1 unspecified atom stereocenters. The Morgan fingerprint density at radius 3 is 3.00 bits per heavy atom. The topological polar surface area (TPSA) is 71.6 Å². The molecule has 0 amide bonds. The molecule has 5 heteroatoms. The maximum Gasteiger partial charge on any atom is 0.0947 e. The van der Waals surface area contributed by atoms with Crippen LogP contribution in [0.1, 0.15) is 5.56 Å². The zero-order chi connectivity index (χ0) is 12.0. The SMILES string of the molecule is COCC(O)CN(C)c1cnccc1CN. The minimum atomic E-state index is -0.513. The monoisotopic (exact) mass is 225 g/mol. The molecule has 0 aliphatic rings. The number of nitrogens with two attached hydrogens (primary N) is 1. The Bertz CT molecular complexity index is 320. The van der Waals surface area contributed by atoms with Crippen LogP contribution < -0.4 is 10.6 Å². The Morgan fingerprint density at radius 1 is 1.62 bits per heavy atom. The van der Waals surface area contributed by atoms with E-state index in [-0.39, 0.29) is 0 Å². The average molecular weight is 225 g/mol. The number of anilines is 1. The summed E-state index contributed by atoms with van der Waals surface area (Å²) in [6, 6.07) is 1.88. The van der Waals surface area contributed by atoms with Crippen molar-refractivity contribution in [2.75, 3.05) is 32.2 Å². The van der Waals surface area contributed by atoms with Crippen LogP contribution in [0.2, 0.25) is 0 Å². The van der Waals surface area contributed by atoms with Gasteiger partial charge in [0.1, 0.15) is 0 Å². The van der Waals surface area contributed by atoms with Gasteiger partial charge in [-0.25, -0.2) is 0 Å². The second kappa shape index (κ2) is 6.42. The van der Waals surface area contributed by atoms with Gasteiger partial charge in [0.2, 0.25) is 0 Å². The third-order valence-electron chi connectivity index (χ3n) is 2.36. The molecule has 1 aromatic heterocycles. The smallest absolute Gasteiger partial charge is 0.0947 e. The van der Waals surface area contributed by atoms with Gasteiger partial charge in [-0.1, -0.05) is 0 Å². The molecule has 1 aromatic rings. The van der Waals surface area contributed by atoms with Crippen LogP contribution in [0, 0.1) is 0 Å². The van der Waals surface area contributed by atoms with Crippen LogP contribution >= 0.6 is 0 Å². The lowest BCUT2D eigenvalue weighted by atomic mass is 10.2. The highest BCUT2D eigenvalue weighted by Crippen LogP contribution is 2.17. The van der Waals surface area contributed by atoms with Crippen LogP contribution in [0.5, 0.6) is 0 Å². The van der Waals surface area contributed by atoms with Crippen LogP contribution in [-0.2, 0) is 11.3 Å². The van der Waals surface area contributed by atoms with E-state index in [4.69, 9.17) is 10.5 Å². The van der Waals surface area contributed by atoms with Crippen LogP contribution in [0.15, 0.2) is 18.5 Å². The normalized spacial score (nSPS) is 12.5. The van der Waals surface area contributed by atoms with Crippen LogP contribution in [0.4, 0.5) is 5.69 Å². The zero-order valence-corrected chi connectivity index (χ0v) is 9.76. The lowest BCUT2D eigenvalue weighted by molar-refractivity contribution is 0.0695. The molecule has 1 rings (SSSR count). The van der Waals surface area contributed by atoms with E-state index in [1.54, 1.807) is 19.5 Å². The van der Waals surface area contributed by atoms with E-state index in [9.17, 15) is 5.11 Å². The van der Waals surface area contributed by atoms with Gasteiger partial charge in [-0.2, -0.15) is 0 Å². The Hall–Kier alpha value is -1.17. The van der Waals surface area contributed by atoms with Gasteiger partial charge in [0.25, 0.3) is 0 Å². The van der Waals surface area contributed by atoms with Gasteiger partial charge < -0.3 is 20.5 Å². The molecule has 0 aromatic carbocycles. The zero-order valence-electron chi connectivity index (χ0n) is 9.76. The van der Waals surface area contributed by atoms with Gasteiger partial charge in [0, 0.05) is 33.4 Å². The van der Waals surface area contributed by atoms with E-state index < -0.39 is 6.10 Å². The van der Waals surface area contributed by atoms with Gasteiger partial charge in [0.05, 0.1) is 24.6 Å². The predicted octanol–water partition coefficient (Wildman–Crippen LogP) is -0.0162. The first kappa shape index (κ1) is 12.9. The number of aliphatic hydroxyl groups excluding tert-OH is 1. The molecular formula is C11H19N3O2. The molecule has 0 fully saturated rings. The average Bonchev–Trinajstić information content (AvgIpc) is 2.29. The maximum atomic E-state index is 9.63. The minimum absolute atomic E-state index is 0.322. The molecule has 0 saturated carbocycles. The van der Waals surface area contributed by atoms with Crippen LogP contribution in [-0.4, -0.2) is 43.5 Å². The Morgan fingerprint density at radius 2 is 2.38 bits per heavy atom. The minimum Gasteiger partial charge on any atom is -0.389 e. The van der Waals surface area contributed by atoms with Gasteiger partial charge in [0.15, 0.2) is 0 Å². The highest BCUT2D eigenvalue weighted by Gasteiger charge is 2.11. The van der Waals surface area contributed by atoms with Crippen molar-refractivity contribution in [3.8, 4) is 0 Å². The van der Waals surface area contributed by atoms with Gasteiger partial charge in [-0.3, -0.25) is 4.98 Å². The summed E-state index contributed by atoms with van der Waals surface area (Å²) in [5.41, 5.74) is 7.60. The number of aliphatic hydroxyl groups is 1. The van der Waals surface area contributed by atoms with Crippen molar-refractivity contribution in [1.29, 1.82) is 0 Å². The number of hydrogen-bond donors (Lipinski definition) is 2. The lowest BCUT2D eigenvalue weighted by Crippen LogP contribution is -2.32. The number of aromatic nitrogens is 1. The highest BCUT2D eigenvalue weighted by molar-refractivity contribution is 5.50. The molecule has 0 bridgehead atoms. The number of nitrogens with zero attached hydrogens (tertiary/aromatic N) is 2. The number of likely N-dealkylation sites (N-methyl/N-ethyl adjacent to an activating group) is 1. The number of hydrogen-bond acceptors (Lipinski definition) is 5. The molecular weight excluding hydrogens is 206 g/mol. The van der Waals surface area contributed by atoms with Crippen molar-refractivity contribution in [1.82, 2.24) is 4.98 Å². The van der Waals surface area contributed by atoms with Crippen LogP contribution in [0.3, 0.4) is 0 Å². The molecule has 0 radical (unpaired) electrons. The summed E-state index contributed by atoms with van der Waals surface area (Å²) in [4.78, 5) is 5.99. The van der Waals surface area contributed by atoms with Gasteiger partial charge in [-0.05, 0) is 11.6 Å². The molecule has 16 heavy (non-hydrogen) atoms. The van der Waals surface area contributed by atoms with Gasteiger partial charge >= 0.3 is 0 Å². The molecule has 0 aliphatic carbocycles. The van der Waals surface area contributed by atoms with E-state index in [0.717, 1.165) is 11.3 Å². The molecule has 1 atom stereocenters. The molecule has 0 spiro atoms. The summed E-state index contributed by atoms with van der Waals surface area (Å²) in [5, 5.41) is 9.63. The first-order valence-electron chi connectivity index (χ1n) is 5.20. The Labute approximate surface area is 95.8 Å². The first-order chi connectivity index (χ1) is 7.69. The number of methoxy groups -OCH3 is 1. The second-order valence-corrected chi connectivity index (χ2v) is 3.70. The summed E-state index contributed by atoms with van der Waals surface area (Å²) >= 11 is 0. The molecule has 0 aliphatic heterocycles. The van der Waals surface area contributed by atoms with Crippen molar-refractivity contribution >= 4 is 5.69 Å². The molecule has 0 saturated heterocycles. The van der Waals surface area contributed by atoms with E-state index >= 15 is 0 Å². The van der Waals surface area contributed by atoms with Crippen molar-refractivity contribution in [3.05, 3.63) is 24.0 Å². The quantitative estimate of drug-likeness (QED) is 0.712. The van der Waals surface area contributed by atoms with Crippen molar-refractivity contribution in [3.63, 3.8) is 0 Å². The van der Waals surface area contributed by atoms with E-state index in [1.165, 1.54) is 0 Å². The predicted molar refractivity (Wildman–Crippen MR) is 63.3 cm³/mol. The maximum absolute atomic E-state index is 9.63. The Kier molecular flexibility index (Phi) is 5.18. The number of rotatable bonds is 6. The van der Waals surface area contributed by atoms with Gasteiger partial charge in [-0.15, -0.1) is 0 Å². The van der Waals surface area contributed by atoms with Crippen molar-refractivity contribution in [2.45, 2.75) is 12.6 Å². The lowest BCUT2D eigenvalue weighted by Gasteiger charge is -2.24. The fraction of sp³-hybridized carbons (Fsp3) is 0.545. The van der Waals surface area contributed by atoms with E-state index in [0.29, 0.717) is 19.7 Å². The van der Waals surface area contributed by atoms with E-state index in [1.807, 2.05) is 18.0 Å². The summed E-state index contributed by atoms with van der Waals surface area (Å²) in [6.45, 7) is 1.28. The molecule has 1 heterocycles. The standard InChI is InChI=1S/C11H19N3O2/c1-14(7-10(15)8-16-2)11-6-13-4-3-9(11)5-12/h3-4,6,10,15H,5,7-8,12H2,1-2H3. The third-order valence-corrected chi connectivity index (χ3v) is 2.36. The molecule has 3 N–H and O–H groups in total. The molecule has 90 valence electrons. The van der Waals surface area contributed by atoms with Crippen molar-refractivity contribution in [2.24, 2.45) is 5.73 Å². The van der Waals surface area contributed by atoms with Crippen molar-refractivity contribution < 1.29 is 9.84 Å². The Balaban J connectivity index is 2.68.